The molecule has 8 saturated carbocycles. The second-order valence-corrected chi connectivity index (χ2v) is 15.1. The zero-order valence-corrected chi connectivity index (χ0v) is 17.2. The summed E-state index contributed by atoms with van der Waals surface area (Å²) in [6, 6.07) is 0. The van der Waals surface area contributed by atoms with E-state index in [1.54, 1.807) is 77.0 Å². The predicted octanol–water partition coefficient (Wildman–Crippen LogP) is 7.25. The fraction of sp³-hybridized carbons (Fsp3) is 0.840. The largest absolute Gasteiger partial charge is 0.0801 e. The maximum absolute atomic E-state index is 2.63. The Kier molecular flexibility index (Phi) is 3.21. The lowest BCUT2D eigenvalue weighted by molar-refractivity contribution is 0.0191. The molecule has 0 nitrogen and oxygen atoms in total. The van der Waals surface area contributed by atoms with E-state index in [-0.39, 0.29) is 7.92 Å². The SMILES string of the molecule is C1=CCC(P(C23CC4CC(CC(C4)C2)C3)C23CC4CC(CC(C4)C2)C3)=C1. The molecule has 8 bridgehead atoms. The van der Waals surface area contributed by atoms with Crippen LogP contribution in [0.2, 0.25) is 0 Å². The number of allylic oxidation sites excluding steroid dienone is 4. The van der Waals surface area contributed by atoms with E-state index in [2.05, 4.69) is 18.2 Å². The van der Waals surface area contributed by atoms with Crippen molar-refractivity contribution in [2.24, 2.45) is 35.5 Å². The molecule has 0 spiro atoms. The van der Waals surface area contributed by atoms with Gasteiger partial charge in [0.15, 0.2) is 0 Å². The molecule has 9 aliphatic carbocycles. The third-order valence-corrected chi connectivity index (χ3v) is 13.9. The molecule has 0 aromatic rings. The lowest BCUT2D eigenvalue weighted by atomic mass is 9.55. The van der Waals surface area contributed by atoms with Gasteiger partial charge in [-0.05, 0) is 135 Å². The Bertz CT molecular complexity index is 568. The van der Waals surface area contributed by atoms with Gasteiger partial charge in [-0.15, -0.1) is 0 Å². The Morgan fingerprint density at radius 1 is 0.615 bits per heavy atom. The fourth-order valence-corrected chi connectivity index (χ4v) is 15.8. The Morgan fingerprint density at radius 3 is 1.31 bits per heavy atom. The average molecular weight is 367 g/mol. The molecule has 9 aliphatic rings. The molecule has 0 heterocycles. The van der Waals surface area contributed by atoms with Gasteiger partial charge in [0, 0.05) is 0 Å². The van der Waals surface area contributed by atoms with Crippen LogP contribution in [0.4, 0.5) is 0 Å². The summed E-state index contributed by atoms with van der Waals surface area (Å²) in [6.07, 6.45) is 28.4. The van der Waals surface area contributed by atoms with Crippen molar-refractivity contribution in [2.75, 3.05) is 0 Å². The Hall–Kier alpha value is -0.0900. The molecule has 0 aromatic carbocycles. The molecule has 8 fully saturated rings. The molecule has 0 radical (unpaired) electrons. The van der Waals surface area contributed by atoms with Crippen LogP contribution in [-0.4, -0.2) is 10.3 Å². The van der Waals surface area contributed by atoms with Gasteiger partial charge in [0.2, 0.25) is 0 Å². The highest BCUT2D eigenvalue weighted by Crippen LogP contribution is 2.81. The molecule has 0 atom stereocenters. The predicted molar refractivity (Wildman–Crippen MR) is 111 cm³/mol. The first kappa shape index (κ1) is 15.8. The summed E-state index contributed by atoms with van der Waals surface area (Å²) in [5, 5.41) is 3.53. The van der Waals surface area contributed by atoms with Crippen molar-refractivity contribution in [2.45, 2.75) is 93.8 Å². The Balaban J connectivity index is 1.34. The van der Waals surface area contributed by atoms with Crippen molar-refractivity contribution in [3.8, 4) is 0 Å². The molecule has 9 rings (SSSR count). The maximum atomic E-state index is 2.63. The molecule has 0 N–H and O–H groups in total. The molecular weight excluding hydrogens is 331 g/mol. The highest BCUT2D eigenvalue weighted by Gasteiger charge is 2.63. The third kappa shape index (κ3) is 2.12. The molecule has 0 amide bonds. The second-order valence-electron chi connectivity index (χ2n) is 11.9. The normalized spacial score (nSPS) is 57.0. The molecular formula is C25H35P. The van der Waals surface area contributed by atoms with E-state index in [0.29, 0.717) is 0 Å². The molecule has 0 saturated heterocycles. The van der Waals surface area contributed by atoms with Gasteiger partial charge >= 0.3 is 0 Å². The van der Waals surface area contributed by atoms with Gasteiger partial charge in [-0.25, -0.2) is 0 Å². The highest BCUT2D eigenvalue weighted by atomic mass is 31.1. The quantitative estimate of drug-likeness (QED) is 0.461. The van der Waals surface area contributed by atoms with E-state index in [0.717, 1.165) is 45.8 Å². The first-order valence-corrected chi connectivity index (χ1v) is 13.2. The highest BCUT2D eigenvalue weighted by molar-refractivity contribution is 7.65. The van der Waals surface area contributed by atoms with Gasteiger partial charge in [0.25, 0.3) is 0 Å². The minimum Gasteiger partial charge on any atom is -0.0801 e. The first-order chi connectivity index (χ1) is 12.7. The summed E-state index contributed by atoms with van der Waals surface area (Å²) in [6.45, 7) is 0. The molecule has 0 unspecified atom stereocenters. The van der Waals surface area contributed by atoms with E-state index in [9.17, 15) is 0 Å². The fourth-order valence-electron chi connectivity index (χ4n) is 10.4. The topological polar surface area (TPSA) is 0 Å². The van der Waals surface area contributed by atoms with Crippen LogP contribution in [0, 0.1) is 35.5 Å². The summed E-state index contributed by atoms with van der Waals surface area (Å²) in [5.74, 6) is 6.72. The van der Waals surface area contributed by atoms with E-state index in [1.165, 1.54) is 6.42 Å². The third-order valence-electron chi connectivity index (χ3n) is 10.00. The summed E-state index contributed by atoms with van der Waals surface area (Å²) >= 11 is 0. The minimum atomic E-state index is 0.0886. The summed E-state index contributed by atoms with van der Waals surface area (Å²) in [5.41, 5.74) is 0. The minimum absolute atomic E-state index is 0.0886. The first-order valence-electron chi connectivity index (χ1n) is 11.9. The summed E-state index contributed by atoms with van der Waals surface area (Å²) in [7, 11) is 0.0886. The van der Waals surface area contributed by atoms with Gasteiger partial charge in [0.1, 0.15) is 0 Å². The standard InChI is InChI=1S/C25H35P/c1-2-4-23(3-1)26(24-11-17-5-18(12-24)7-19(6-17)13-24)25-14-20-8-21(15-25)10-22(9-20)16-25/h1-3,17-22H,4-16H2. The smallest absolute Gasteiger partial charge is 0.00444 e. The van der Waals surface area contributed by atoms with Gasteiger partial charge < -0.3 is 0 Å². The van der Waals surface area contributed by atoms with Crippen molar-refractivity contribution in [3.63, 3.8) is 0 Å². The van der Waals surface area contributed by atoms with E-state index >= 15 is 0 Å². The van der Waals surface area contributed by atoms with Gasteiger partial charge in [-0.3, -0.25) is 0 Å². The number of rotatable bonds is 3. The maximum Gasteiger partial charge on any atom is -0.00444 e. The molecule has 140 valence electrons. The number of hydrogen-bond donors (Lipinski definition) is 0. The number of hydrogen-bond acceptors (Lipinski definition) is 0. The van der Waals surface area contributed by atoms with Crippen LogP contribution in [0.5, 0.6) is 0 Å². The van der Waals surface area contributed by atoms with Gasteiger partial charge in [-0.1, -0.05) is 26.1 Å². The average Bonchev–Trinajstić information content (AvgIpc) is 3.05. The van der Waals surface area contributed by atoms with Crippen LogP contribution in [0.15, 0.2) is 23.5 Å². The van der Waals surface area contributed by atoms with E-state index in [1.807, 2.05) is 5.31 Å². The second kappa shape index (κ2) is 5.28. The Labute approximate surface area is 161 Å². The van der Waals surface area contributed by atoms with Crippen molar-refractivity contribution in [1.29, 1.82) is 0 Å². The van der Waals surface area contributed by atoms with Crippen LogP contribution < -0.4 is 0 Å². The monoisotopic (exact) mass is 366 g/mol. The lowest BCUT2D eigenvalue weighted by Crippen LogP contribution is -2.56. The molecule has 0 aromatic heterocycles. The Morgan fingerprint density at radius 2 is 1.00 bits per heavy atom. The van der Waals surface area contributed by atoms with Crippen LogP contribution in [-0.2, 0) is 0 Å². The molecule has 1 heteroatoms. The summed E-state index contributed by atoms with van der Waals surface area (Å²) < 4.78 is 0. The summed E-state index contributed by atoms with van der Waals surface area (Å²) in [4.78, 5) is 0. The zero-order valence-electron chi connectivity index (χ0n) is 16.3. The van der Waals surface area contributed by atoms with Crippen molar-refractivity contribution in [3.05, 3.63) is 23.5 Å². The van der Waals surface area contributed by atoms with Crippen LogP contribution in [0.25, 0.3) is 0 Å². The lowest BCUT2D eigenvalue weighted by Gasteiger charge is -2.67. The van der Waals surface area contributed by atoms with Crippen LogP contribution in [0.3, 0.4) is 0 Å². The van der Waals surface area contributed by atoms with E-state index < -0.39 is 0 Å². The zero-order chi connectivity index (χ0) is 16.9. The van der Waals surface area contributed by atoms with Gasteiger partial charge in [0.05, 0.1) is 0 Å². The molecule has 0 aliphatic heterocycles. The van der Waals surface area contributed by atoms with Crippen molar-refractivity contribution in [1.82, 2.24) is 0 Å². The van der Waals surface area contributed by atoms with E-state index in [4.69, 9.17) is 0 Å². The van der Waals surface area contributed by atoms with Gasteiger partial charge in [-0.2, -0.15) is 0 Å². The van der Waals surface area contributed by atoms with Crippen molar-refractivity contribution >= 4 is 7.92 Å². The van der Waals surface area contributed by atoms with Crippen molar-refractivity contribution < 1.29 is 0 Å². The van der Waals surface area contributed by atoms with Crippen LogP contribution >= 0.6 is 7.92 Å². The van der Waals surface area contributed by atoms with Crippen LogP contribution in [0.1, 0.15) is 83.5 Å². The molecule has 26 heavy (non-hydrogen) atoms.